The summed E-state index contributed by atoms with van der Waals surface area (Å²) in [6.07, 6.45) is 4.42. The van der Waals surface area contributed by atoms with E-state index in [1.807, 2.05) is 35.2 Å². The summed E-state index contributed by atoms with van der Waals surface area (Å²) in [5.41, 5.74) is 4.79. The number of rotatable bonds is 5. The minimum atomic E-state index is -0.253. The van der Waals surface area contributed by atoms with Crippen molar-refractivity contribution in [3.05, 3.63) is 58.8 Å². The predicted octanol–water partition coefficient (Wildman–Crippen LogP) is 3.29. The van der Waals surface area contributed by atoms with E-state index >= 15 is 0 Å². The van der Waals surface area contributed by atoms with Crippen molar-refractivity contribution < 1.29 is 9.53 Å². The molecule has 1 aromatic heterocycles. The van der Waals surface area contributed by atoms with Gasteiger partial charge in [0.25, 0.3) is 0 Å². The summed E-state index contributed by atoms with van der Waals surface area (Å²) in [6.45, 7) is 5.24. The molecule has 29 heavy (non-hydrogen) atoms. The van der Waals surface area contributed by atoms with Gasteiger partial charge in [0.05, 0.1) is 6.04 Å². The molecule has 4 rings (SSSR count). The Morgan fingerprint density at radius 1 is 1.28 bits per heavy atom. The SMILES string of the molecule is Cc1cc2c(nc1NC[C@@H]1CNCCN1C(=O)OCc1ccccc1)CCCC2. The van der Waals surface area contributed by atoms with E-state index in [2.05, 4.69) is 23.6 Å². The third kappa shape index (κ3) is 4.88. The molecule has 0 unspecified atom stereocenters. The van der Waals surface area contributed by atoms with Gasteiger partial charge >= 0.3 is 6.09 Å². The second kappa shape index (κ2) is 9.27. The van der Waals surface area contributed by atoms with Crippen molar-refractivity contribution in [3.8, 4) is 0 Å². The first-order chi connectivity index (χ1) is 14.2. The number of aromatic nitrogens is 1. The van der Waals surface area contributed by atoms with Crippen LogP contribution in [0.1, 0.15) is 35.2 Å². The number of piperazine rings is 1. The lowest BCUT2D eigenvalue weighted by Gasteiger charge is -2.35. The molecule has 1 aliphatic heterocycles. The zero-order chi connectivity index (χ0) is 20.1. The predicted molar refractivity (Wildman–Crippen MR) is 114 cm³/mol. The van der Waals surface area contributed by atoms with Crippen molar-refractivity contribution in [1.29, 1.82) is 0 Å². The van der Waals surface area contributed by atoms with Crippen LogP contribution in [0.25, 0.3) is 0 Å². The Balaban J connectivity index is 1.37. The van der Waals surface area contributed by atoms with Gasteiger partial charge in [-0.2, -0.15) is 0 Å². The quantitative estimate of drug-likeness (QED) is 0.815. The van der Waals surface area contributed by atoms with Crippen LogP contribution < -0.4 is 10.6 Å². The normalized spacial score (nSPS) is 18.8. The third-order valence-electron chi connectivity index (χ3n) is 5.79. The van der Waals surface area contributed by atoms with Crippen LogP contribution in [0.4, 0.5) is 10.6 Å². The second-order valence-electron chi connectivity index (χ2n) is 7.94. The fraction of sp³-hybridized carbons (Fsp3) is 0.478. The number of fused-ring (bicyclic) bond motifs is 1. The Morgan fingerprint density at radius 3 is 2.97 bits per heavy atom. The molecule has 6 nitrogen and oxygen atoms in total. The summed E-state index contributed by atoms with van der Waals surface area (Å²) < 4.78 is 5.56. The highest BCUT2D eigenvalue weighted by Gasteiger charge is 2.28. The van der Waals surface area contributed by atoms with E-state index in [1.165, 1.54) is 29.7 Å². The molecule has 0 radical (unpaired) electrons. The number of benzene rings is 1. The summed E-state index contributed by atoms with van der Waals surface area (Å²) in [4.78, 5) is 19.4. The Morgan fingerprint density at radius 2 is 2.10 bits per heavy atom. The molecule has 6 heteroatoms. The van der Waals surface area contributed by atoms with E-state index in [4.69, 9.17) is 9.72 Å². The lowest BCUT2D eigenvalue weighted by Crippen LogP contribution is -2.56. The van der Waals surface area contributed by atoms with Crippen molar-refractivity contribution in [2.45, 2.75) is 45.3 Å². The van der Waals surface area contributed by atoms with E-state index in [0.29, 0.717) is 19.7 Å². The Kier molecular flexibility index (Phi) is 6.30. The lowest BCUT2D eigenvalue weighted by atomic mass is 9.95. The van der Waals surface area contributed by atoms with Gasteiger partial charge in [0, 0.05) is 31.9 Å². The van der Waals surface area contributed by atoms with Crippen LogP contribution in [0.15, 0.2) is 36.4 Å². The van der Waals surface area contributed by atoms with Crippen LogP contribution in [0.3, 0.4) is 0 Å². The molecule has 1 saturated heterocycles. The van der Waals surface area contributed by atoms with Crippen molar-refractivity contribution >= 4 is 11.9 Å². The van der Waals surface area contributed by atoms with Gasteiger partial charge in [0.1, 0.15) is 12.4 Å². The maximum Gasteiger partial charge on any atom is 0.410 e. The van der Waals surface area contributed by atoms with E-state index < -0.39 is 0 Å². The molecule has 1 fully saturated rings. The standard InChI is InChI=1S/C23H30N4O2/c1-17-13-19-9-5-6-10-21(19)26-22(17)25-15-20-14-24-11-12-27(20)23(28)29-16-18-7-3-2-4-8-18/h2-4,7-8,13,20,24H,5-6,9-12,14-16H2,1H3,(H,25,26)/t20-/m0/s1. The van der Waals surface area contributed by atoms with Crippen LogP contribution in [0.5, 0.6) is 0 Å². The molecule has 1 aromatic carbocycles. The number of nitrogens with zero attached hydrogens (tertiary/aromatic N) is 2. The summed E-state index contributed by atoms with van der Waals surface area (Å²) in [7, 11) is 0. The molecule has 1 aliphatic carbocycles. The maximum absolute atomic E-state index is 12.7. The highest BCUT2D eigenvalue weighted by molar-refractivity contribution is 5.68. The zero-order valence-electron chi connectivity index (χ0n) is 17.1. The Labute approximate surface area is 172 Å². The summed E-state index contributed by atoms with van der Waals surface area (Å²) in [5, 5.41) is 6.88. The highest BCUT2D eigenvalue weighted by Crippen LogP contribution is 2.24. The molecule has 2 N–H and O–H groups in total. The number of pyridine rings is 1. The van der Waals surface area contributed by atoms with Gasteiger partial charge in [0.15, 0.2) is 0 Å². The number of ether oxygens (including phenoxy) is 1. The molecule has 154 valence electrons. The number of nitrogens with one attached hydrogen (secondary N) is 2. The fourth-order valence-electron chi connectivity index (χ4n) is 4.13. The van der Waals surface area contributed by atoms with Crippen LogP contribution in [0, 0.1) is 6.92 Å². The van der Waals surface area contributed by atoms with E-state index in [-0.39, 0.29) is 12.1 Å². The molecule has 0 saturated carbocycles. The van der Waals surface area contributed by atoms with Gasteiger partial charge < -0.3 is 20.3 Å². The van der Waals surface area contributed by atoms with Crippen LogP contribution in [-0.2, 0) is 24.2 Å². The van der Waals surface area contributed by atoms with Gasteiger partial charge in [0.2, 0.25) is 0 Å². The average molecular weight is 395 g/mol. The molecule has 1 atom stereocenters. The molecular weight excluding hydrogens is 364 g/mol. The van der Waals surface area contributed by atoms with Crippen LogP contribution >= 0.6 is 0 Å². The first-order valence-electron chi connectivity index (χ1n) is 10.6. The van der Waals surface area contributed by atoms with E-state index in [1.54, 1.807) is 0 Å². The van der Waals surface area contributed by atoms with E-state index in [0.717, 1.165) is 37.3 Å². The summed E-state index contributed by atoms with van der Waals surface area (Å²) in [6, 6.07) is 12.1. The van der Waals surface area contributed by atoms with Gasteiger partial charge in [-0.3, -0.25) is 0 Å². The van der Waals surface area contributed by atoms with Crippen molar-refractivity contribution in [3.63, 3.8) is 0 Å². The number of hydrogen-bond donors (Lipinski definition) is 2. The molecule has 0 spiro atoms. The largest absolute Gasteiger partial charge is 0.445 e. The van der Waals surface area contributed by atoms with E-state index in [9.17, 15) is 4.79 Å². The Bertz CT molecular complexity index is 840. The smallest absolute Gasteiger partial charge is 0.410 e. The average Bonchev–Trinajstić information content (AvgIpc) is 2.77. The van der Waals surface area contributed by atoms with Crippen LogP contribution in [-0.4, -0.2) is 48.2 Å². The monoisotopic (exact) mass is 394 g/mol. The van der Waals surface area contributed by atoms with Crippen LogP contribution in [0.2, 0.25) is 0 Å². The van der Waals surface area contributed by atoms with Crippen molar-refractivity contribution in [2.24, 2.45) is 0 Å². The molecular formula is C23H30N4O2. The van der Waals surface area contributed by atoms with Crippen molar-refractivity contribution in [1.82, 2.24) is 15.2 Å². The number of hydrogen-bond acceptors (Lipinski definition) is 5. The zero-order valence-corrected chi connectivity index (χ0v) is 17.1. The van der Waals surface area contributed by atoms with Gasteiger partial charge in [-0.25, -0.2) is 9.78 Å². The first kappa shape index (κ1) is 19.7. The number of carbonyl (C=O) groups is 1. The number of amides is 1. The molecule has 2 aliphatic rings. The summed E-state index contributed by atoms with van der Waals surface area (Å²) >= 11 is 0. The highest BCUT2D eigenvalue weighted by atomic mass is 16.6. The minimum absolute atomic E-state index is 0.0317. The van der Waals surface area contributed by atoms with Gasteiger partial charge in [-0.15, -0.1) is 0 Å². The van der Waals surface area contributed by atoms with Gasteiger partial charge in [-0.05, 0) is 49.3 Å². The molecule has 2 heterocycles. The third-order valence-corrected chi connectivity index (χ3v) is 5.79. The fourth-order valence-corrected chi connectivity index (χ4v) is 4.13. The van der Waals surface area contributed by atoms with Crippen molar-refractivity contribution in [2.75, 3.05) is 31.5 Å². The Hall–Kier alpha value is -2.60. The maximum atomic E-state index is 12.7. The summed E-state index contributed by atoms with van der Waals surface area (Å²) in [5.74, 6) is 0.939. The second-order valence-corrected chi connectivity index (χ2v) is 7.94. The lowest BCUT2D eigenvalue weighted by molar-refractivity contribution is 0.0747. The number of aryl methyl sites for hydroxylation is 3. The minimum Gasteiger partial charge on any atom is -0.445 e. The van der Waals surface area contributed by atoms with Gasteiger partial charge in [-0.1, -0.05) is 36.4 Å². The topological polar surface area (TPSA) is 66.5 Å². The molecule has 0 bridgehead atoms. The molecule has 1 amide bonds. The number of carbonyl (C=O) groups excluding carboxylic acids is 1. The first-order valence-corrected chi connectivity index (χ1v) is 10.6. The number of anilines is 1. The molecule has 2 aromatic rings.